The summed E-state index contributed by atoms with van der Waals surface area (Å²) in [5, 5.41) is 18.4. The number of ether oxygens (including phenoxy) is 1. The summed E-state index contributed by atoms with van der Waals surface area (Å²) in [7, 11) is 0. The standard InChI is InChI=1S/C10H13NO3/c12-6-10-8(13)4-9(14-10)7-2-1-3-11-5-7/h1-3,5,8-10,12-13H,4,6H2. The predicted octanol–water partition coefficient (Wildman–Crippen LogP) is 0.265. The normalized spacial score (nSPS) is 32.0. The number of aromatic nitrogens is 1. The zero-order valence-corrected chi connectivity index (χ0v) is 7.71. The molecule has 1 aromatic heterocycles. The van der Waals surface area contributed by atoms with Crippen LogP contribution in [0.25, 0.3) is 0 Å². The van der Waals surface area contributed by atoms with E-state index in [9.17, 15) is 5.11 Å². The van der Waals surface area contributed by atoms with Crippen LogP contribution in [0.5, 0.6) is 0 Å². The van der Waals surface area contributed by atoms with E-state index in [0.717, 1.165) is 5.56 Å². The second-order valence-electron chi connectivity index (χ2n) is 3.44. The van der Waals surface area contributed by atoms with Gasteiger partial charge in [0.15, 0.2) is 0 Å². The Morgan fingerprint density at radius 3 is 3.00 bits per heavy atom. The van der Waals surface area contributed by atoms with Gasteiger partial charge in [0.05, 0.1) is 18.8 Å². The number of nitrogens with zero attached hydrogens (tertiary/aromatic N) is 1. The minimum atomic E-state index is -0.579. The summed E-state index contributed by atoms with van der Waals surface area (Å²) in [4.78, 5) is 3.98. The van der Waals surface area contributed by atoms with Crippen LogP contribution in [0.3, 0.4) is 0 Å². The van der Waals surface area contributed by atoms with Crippen molar-refractivity contribution in [1.82, 2.24) is 4.98 Å². The van der Waals surface area contributed by atoms with Crippen molar-refractivity contribution in [1.29, 1.82) is 0 Å². The fourth-order valence-corrected chi connectivity index (χ4v) is 1.67. The molecule has 0 aliphatic carbocycles. The lowest BCUT2D eigenvalue weighted by Gasteiger charge is -2.11. The molecule has 0 radical (unpaired) electrons. The first-order chi connectivity index (χ1) is 6.81. The fraction of sp³-hybridized carbons (Fsp3) is 0.500. The van der Waals surface area contributed by atoms with E-state index in [2.05, 4.69) is 4.98 Å². The average molecular weight is 195 g/mol. The Balaban J connectivity index is 2.09. The first kappa shape index (κ1) is 9.58. The number of rotatable bonds is 2. The number of pyridine rings is 1. The number of aliphatic hydroxyl groups is 2. The SMILES string of the molecule is OCC1OC(c2cccnc2)CC1O. The van der Waals surface area contributed by atoms with E-state index >= 15 is 0 Å². The molecule has 14 heavy (non-hydrogen) atoms. The molecule has 0 amide bonds. The van der Waals surface area contributed by atoms with Gasteiger partial charge in [-0.05, 0) is 11.6 Å². The molecular weight excluding hydrogens is 182 g/mol. The molecule has 0 aromatic carbocycles. The zero-order valence-electron chi connectivity index (χ0n) is 7.71. The van der Waals surface area contributed by atoms with Crippen LogP contribution in [0.2, 0.25) is 0 Å². The summed E-state index contributed by atoms with van der Waals surface area (Å²) in [6, 6.07) is 3.74. The highest BCUT2D eigenvalue weighted by Gasteiger charge is 2.34. The van der Waals surface area contributed by atoms with Crippen molar-refractivity contribution in [2.24, 2.45) is 0 Å². The van der Waals surface area contributed by atoms with E-state index < -0.39 is 12.2 Å². The van der Waals surface area contributed by atoms with Gasteiger partial charge in [-0.2, -0.15) is 0 Å². The van der Waals surface area contributed by atoms with Gasteiger partial charge in [0.1, 0.15) is 6.10 Å². The minimum absolute atomic E-state index is 0.141. The first-order valence-electron chi connectivity index (χ1n) is 4.65. The Labute approximate surface area is 82.2 Å². The van der Waals surface area contributed by atoms with Crippen molar-refractivity contribution < 1.29 is 14.9 Å². The van der Waals surface area contributed by atoms with Crippen molar-refractivity contribution in [2.75, 3.05) is 6.61 Å². The molecule has 0 saturated carbocycles. The Kier molecular flexibility index (Phi) is 2.77. The lowest BCUT2D eigenvalue weighted by molar-refractivity contribution is -0.0226. The van der Waals surface area contributed by atoms with Crippen molar-refractivity contribution in [3.8, 4) is 0 Å². The Hall–Kier alpha value is -0.970. The van der Waals surface area contributed by atoms with Gasteiger partial charge in [-0.1, -0.05) is 6.07 Å². The maximum absolute atomic E-state index is 9.52. The molecule has 1 saturated heterocycles. The van der Waals surface area contributed by atoms with Crippen LogP contribution in [0.1, 0.15) is 18.1 Å². The van der Waals surface area contributed by atoms with Crippen molar-refractivity contribution in [2.45, 2.75) is 24.7 Å². The van der Waals surface area contributed by atoms with Crippen LogP contribution in [-0.2, 0) is 4.74 Å². The number of aliphatic hydroxyl groups excluding tert-OH is 2. The first-order valence-corrected chi connectivity index (χ1v) is 4.65. The van der Waals surface area contributed by atoms with Crippen molar-refractivity contribution in [3.63, 3.8) is 0 Å². The van der Waals surface area contributed by atoms with Gasteiger partial charge in [-0.3, -0.25) is 4.98 Å². The molecule has 3 atom stereocenters. The topological polar surface area (TPSA) is 62.6 Å². The molecule has 2 heterocycles. The van der Waals surface area contributed by atoms with Gasteiger partial charge >= 0.3 is 0 Å². The summed E-state index contributed by atoms with van der Waals surface area (Å²) in [5.41, 5.74) is 0.947. The highest BCUT2D eigenvalue weighted by Crippen LogP contribution is 2.32. The molecule has 2 N–H and O–H groups in total. The molecule has 1 fully saturated rings. The maximum Gasteiger partial charge on any atom is 0.107 e. The summed E-state index contributed by atoms with van der Waals surface area (Å²) >= 11 is 0. The van der Waals surface area contributed by atoms with Crippen LogP contribution in [0.15, 0.2) is 24.5 Å². The monoisotopic (exact) mass is 195 g/mol. The third kappa shape index (κ3) is 1.77. The molecule has 4 nitrogen and oxygen atoms in total. The Morgan fingerprint density at radius 2 is 2.43 bits per heavy atom. The lowest BCUT2D eigenvalue weighted by Crippen LogP contribution is -2.24. The van der Waals surface area contributed by atoms with E-state index in [1.807, 2.05) is 12.1 Å². The molecule has 1 aliphatic heterocycles. The number of hydrogen-bond donors (Lipinski definition) is 2. The van der Waals surface area contributed by atoms with Gasteiger partial charge in [0, 0.05) is 18.8 Å². The van der Waals surface area contributed by atoms with Gasteiger partial charge in [-0.15, -0.1) is 0 Å². The Bertz CT molecular complexity index is 291. The van der Waals surface area contributed by atoms with Crippen molar-refractivity contribution in [3.05, 3.63) is 30.1 Å². The summed E-state index contributed by atoms with van der Waals surface area (Å²) in [6.45, 7) is -0.141. The second kappa shape index (κ2) is 4.04. The molecule has 76 valence electrons. The highest BCUT2D eigenvalue weighted by atomic mass is 16.5. The molecule has 0 bridgehead atoms. The number of hydrogen-bond acceptors (Lipinski definition) is 4. The molecule has 1 aliphatic rings. The van der Waals surface area contributed by atoms with Crippen LogP contribution in [0.4, 0.5) is 0 Å². The van der Waals surface area contributed by atoms with Gasteiger partial charge in [0.2, 0.25) is 0 Å². The molecule has 4 heteroatoms. The zero-order chi connectivity index (χ0) is 9.97. The van der Waals surface area contributed by atoms with Gasteiger partial charge < -0.3 is 14.9 Å². The summed E-state index contributed by atoms with van der Waals surface area (Å²) in [6.07, 6.45) is 2.76. The van der Waals surface area contributed by atoms with Gasteiger partial charge in [-0.25, -0.2) is 0 Å². The van der Waals surface area contributed by atoms with Crippen molar-refractivity contribution >= 4 is 0 Å². The highest BCUT2D eigenvalue weighted by molar-refractivity contribution is 5.14. The fourth-order valence-electron chi connectivity index (χ4n) is 1.67. The quantitative estimate of drug-likeness (QED) is 0.710. The maximum atomic E-state index is 9.52. The molecule has 3 unspecified atom stereocenters. The second-order valence-corrected chi connectivity index (χ2v) is 3.44. The summed E-state index contributed by atoms with van der Waals surface area (Å²) in [5.74, 6) is 0. The van der Waals surface area contributed by atoms with E-state index in [4.69, 9.17) is 9.84 Å². The molecule has 2 rings (SSSR count). The van der Waals surface area contributed by atoms with Crippen LogP contribution >= 0.6 is 0 Å². The lowest BCUT2D eigenvalue weighted by atomic mass is 10.1. The molecular formula is C10H13NO3. The summed E-state index contributed by atoms with van der Waals surface area (Å²) < 4.78 is 5.47. The van der Waals surface area contributed by atoms with Gasteiger partial charge in [0.25, 0.3) is 0 Å². The van der Waals surface area contributed by atoms with Crippen LogP contribution in [0, 0.1) is 0 Å². The minimum Gasteiger partial charge on any atom is -0.394 e. The third-order valence-electron chi connectivity index (χ3n) is 2.46. The molecule has 1 aromatic rings. The average Bonchev–Trinajstić information content (AvgIpc) is 2.61. The smallest absolute Gasteiger partial charge is 0.107 e. The van der Waals surface area contributed by atoms with Crippen LogP contribution < -0.4 is 0 Å². The third-order valence-corrected chi connectivity index (χ3v) is 2.46. The largest absolute Gasteiger partial charge is 0.394 e. The van der Waals surface area contributed by atoms with E-state index in [1.54, 1.807) is 12.4 Å². The van der Waals surface area contributed by atoms with E-state index in [-0.39, 0.29) is 12.7 Å². The van der Waals surface area contributed by atoms with E-state index in [0.29, 0.717) is 6.42 Å². The Morgan fingerprint density at radius 1 is 1.57 bits per heavy atom. The van der Waals surface area contributed by atoms with E-state index in [1.165, 1.54) is 0 Å². The molecule has 0 spiro atoms. The van der Waals surface area contributed by atoms with Crippen LogP contribution in [-0.4, -0.2) is 34.0 Å². The predicted molar refractivity (Wildman–Crippen MR) is 49.6 cm³/mol.